The van der Waals surface area contributed by atoms with Crippen molar-refractivity contribution >= 4 is 26.0 Å². The second-order valence-electron chi connectivity index (χ2n) is 5.40. The Morgan fingerprint density at radius 2 is 1.91 bits per heavy atom. The van der Waals surface area contributed by atoms with Crippen LogP contribution in [0.3, 0.4) is 0 Å². The Kier molecular flexibility index (Phi) is 4.25. The monoisotopic (exact) mass is 381 g/mol. The molecule has 1 heterocycles. The van der Waals surface area contributed by atoms with E-state index in [2.05, 4.69) is 20.7 Å². The summed E-state index contributed by atoms with van der Waals surface area (Å²) in [6, 6.07) is 12.3. The van der Waals surface area contributed by atoms with Gasteiger partial charge < -0.3 is 4.74 Å². The summed E-state index contributed by atoms with van der Waals surface area (Å²) in [5, 5.41) is 0. The van der Waals surface area contributed by atoms with Gasteiger partial charge in [0.2, 0.25) is 10.0 Å². The molecule has 3 rings (SSSR count). The highest BCUT2D eigenvalue weighted by atomic mass is 79.9. The minimum Gasteiger partial charge on any atom is -0.492 e. The lowest BCUT2D eigenvalue weighted by Crippen LogP contribution is -2.42. The quantitative estimate of drug-likeness (QED) is 0.888. The maximum Gasteiger partial charge on any atom is 0.240 e. The smallest absolute Gasteiger partial charge is 0.240 e. The fourth-order valence-electron chi connectivity index (χ4n) is 2.44. The van der Waals surface area contributed by atoms with E-state index in [4.69, 9.17) is 4.74 Å². The maximum atomic E-state index is 12.4. The first-order chi connectivity index (χ1) is 10.4. The number of hydrogen-bond donors (Lipinski definition) is 1. The highest BCUT2D eigenvalue weighted by Crippen LogP contribution is 2.28. The van der Waals surface area contributed by atoms with Crippen molar-refractivity contribution in [2.24, 2.45) is 0 Å². The predicted molar refractivity (Wildman–Crippen MR) is 88.6 cm³/mol. The number of sulfonamides is 1. The first-order valence-electron chi connectivity index (χ1n) is 6.94. The van der Waals surface area contributed by atoms with Crippen LogP contribution in [0.25, 0.3) is 0 Å². The number of ether oxygens (including phenoxy) is 1. The fraction of sp³-hybridized carbons (Fsp3) is 0.250. The normalized spacial score (nSPS) is 17.6. The Labute approximate surface area is 138 Å². The van der Waals surface area contributed by atoms with E-state index >= 15 is 0 Å². The SMILES string of the molecule is Cc1ccc(S(=O)(=O)N[C@@H]2COc3ccc(Br)cc3C2)cc1. The summed E-state index contributed by atoms with van der Waals surface area (Å²) < 4.78 is 34.2. The molecule has 0 saturated carbocycles. The molecule has 0 fully saturated rings. The van der Waals surface area contributed by atoms with Crippen molar-refractivity contribution in [3.8, 4) is 5.75 Å². The Morgan fingerprint density at radius 3 is 2.64 bits per heavy atom. The molecule has 1 aliphatic heterocycles. The Hall–Kier alpha value is -1.37. The van der Waals surface area contributed by atoms with Crippen LogP contribution in [-0.4, -0.2) is 21.1 Å². The maximum absolute atomic E-state index is 12.4. The van der Waals surface area contributed by atoms with Gasteiger partial charge in [0, 0.05) is 4.47 Å². The zero-order valence-corrected chi connectivity index (χ0v) is 14.4. The summed E-state index contributed by atoms with van der Waals surface area (Å²) in [6.07, 6.45) is 0.611. The summed E-state index contributed by atoms with van der Waals surface area (Å²) in [5.41, 5.74) is 2.02. The number of nitrogens with one attached hydrogen (secondary N) is 1. The first kappa shape index (κ1) is 15.5. The van der Waals surface area contributed by atoms with Crippen LogP contribution in [-0.2, 0) is 16.4 Å². The third-order valence-corrected chi connectivity index (χ3v) is 5.61. The number of hydrogen-bond acceptors (Lipinski definition) is 3. The number of aryl methyl sites for hydroxylation is 1. The molecule has 6 heteroatoms. The molecule has 116 valence electrons. The standard InChI is InChI=1S/C16H16BrNO3S/c1-11-2-5-15(6-3-11)22(19,20)18-14-9-12-8-13(17)4-7-16(12)21-10-14/h2-8,14,18H,9-10H2,1H3/t14-/m0/s1. The van der Waals surface area contributed by atoms with E-state index in [1.165, 1.54) is 0 Å². The van der Waals surface area contributed by atoms with Gasteiger partial charge in [-0.3, -0.25) is 0 Å². The minimum atomic E-state index is -3.53. The van der Waals surface area contributed by atoms with Gasteiger partial charge in [-0.1, -0.05) is 33.6 Å². The van der Waals surface area contributed by atoms with E-state index in [0.717, 1.165) is 21.3 Å². The predicted octanol–water partition coefficient (Wildman–Crippen LogP) is 3.04. The van der Waals surface area contributed by atoms with Crippen molar-refractivity contribution in [2.45, 2.75) is 24.3 Å². The van der Waals surface area contributed by atoms with E-state index in [0.29, 0.717) is 13.0 Å². The lowest BCUT2D eigenvalue weighted by molar-refractivity contribution is 0.254. The summed E-state index contributed by atoms with van der Waals surface area (Å²) in [6.45, 7) is 2.26. The van der Waals surface area contributed by atoms with Crippen LogP contribution in [0.1, 0.15) is 11.1 Å². The molecule has 1 aliphatic rings. The number of fused-ring (bicyclic) bond motifs is 1. The molecule has 0 saturated heterocycles. The second kappa shape index (κ2) is 6.02. The third-order valence-electron chi connectivity index (χ3n) is 3.58. The highest BCUT2D eigenvalue weighted by Gasteiger charge is 2.25. The average Bonchev–Trinajstić information content (AvgIpc) is 2.47. The van der Waals surface area contributed by atoms with Crippen molar-refractivity contribution in [2.75, 3.05) is 6.61 Å². The van der Waals surface area contributed by atoms with Crippen LogP contribution in [0.5, 0.6) is 5.75 Å². The lowest BCUT2D eigenvalue weighted by atomic mass is 10.0. The van der Waals surface area contributed by atoms with Crippen LogP contribution in [0.2, 0.25) is 0 Å². The second-order valence-corrected chi connectivity index (χ2v) is 8.03. The Morgan fingerprint density at radius 1 is 1.18 bits per heavy atom. The largest absolute Gasteiger partial charge is 0.492 e. The number of rotatable bonds is 3. The van der Waals surface area contributed by atoms with Gasteiger partial charge in [0.15, 0.2) is 0 Å². The van der Waals surface area contributed by atoms with Crippen molar-refractivity contribution in [1.29, 1.82) is 0 Å². The van der Waals surface area contributed by atoms with Crippen molar-refractivity contribution in [3.63, 3.8) is 0 Å². The van der Waals surface area contributed by atoms with Gasteiger partial charge in [0.05, 0.1) is 10.9 Å². The zero-order valence-electron chi connectivity index (χ0n) is 12.0. The molecule has 0 bridgehead atoms. The summed E-state index contributed by atoms with van der Waals surface area (Å²) in [5.74, 6) is 0.814. The van der Waals surface area contributed by atoms with E-state index in [1.54, 1.807) is 24.3 Å². The van der Waals surface area contributed by atoms with Crippen molar-refractivity contribution in [3.05, 3.63) is 58.1 Å². The summed E-state index contributed by atoms with van der Waals surface area (Å²) in [7, 11) is -3.53. The molecule has 0 spiro atoms. The van der Waals surface area contributed by atoms with E-state index < -0.39 is 10.0 Å². The molecule has 2 aromatic carbocycles. The van der Waals surface area contributed by atoms with Gasteiger partial charge in [-0.2, -0.15) is 0 Å². The van der Waals surface area contributed by atoms with E-state index in [1.807, 2.05) is 25.1 Å². The molecule has 0 aliphatic carbocycles. The molecule has 2 aromatic rings. The zero-order chi connectivity index (χ0) is 15.7. The van der Waals surface area contributed by atoms with Gasteiger partial charge in [-0.25, -0.2) is 13.1 Å². The molecular formula is C16H16BrNO3S. The summed E-state index contributed by atoms with van der Waals surface area (Å²) in [4.78, 5) is 0.276. The molecule has 4 nitrogen and oxygen atoms in total. The minimum absolute atomic E-state index is 0.270. The molecule has 0 aromatic heterocycles. The Bertz CT molecular complexity index is 788. The number of benzene rings is 2. The molecular weight excluding hydrogens is 366 g/mol. The average molecular weight is 382 g/mol. The van der Waals surface area contributed by atoms with Crippen LogP contribution in [0.15, 0.2) is 51.8 Å². The first-order valence-corrected chi connectivity index (χ1v) is 9.22. The molecule has 0 radical (unpaired) electrons. The van der Waals surface area contributed by atoms with Crippen molar-refractivity contribution in [1.82, 2.24) is 4.72 Å². The van der Waals surface area contributed by atoms with Gasteiger partial charge in [0.25, 0.3) is 0 Å². The molecule has 22 heavy (non-hydrogen) atoms. The molecule has 1 N–H and O–H groups in total. The van der Waals surface area contributed by atoms with Crippen LogP contribution in [0, 0.1) is 6.92 Å². The molecule has 1 atom stereocenters. The van der Waals surface area contributed by atoms with E-state index in [-0.39, 0.29) is 10.9 Å². The van der Waals surface area contributed by atoms with Gasteiger partial charge in [-0.05, 0) is 49.2 Å². The fourth-order valence-corrected chi connectivity index (χ4v) is 4.07. The van der Waals surface area contributed by atoms with Gasteiger partial charge >= 0.3 is 0 Å². The number of halogens is 1. The molecule has 0 amide bonds. The topological polar surface area (TPSA) is 55.4 Å². The van der Waals surface area contributed by atoms with Crippen LogP contribution < -0.4 is 9.46 Å². The van der Waals surface area contributed by atoms with Crippen LogP contribution in [0.4, 0.5) is 0 Å². The highest BCUT2D eigenvalue weighted by molar-refractivity contribution is 9.10. The summed E-state index contributed by atoms with van der Waals surface area (Å²) >= 11 is 3.42. The Balaban J connectivity index is 1.78. The third kappa shape index (κ3) is 3.34. The van der Waals surface area contributed by atoms with E-state index in [9.17, 15) is 8.42 Å². The van der Waals surface area contributed by atoms with Gasteiger partial charge in [-0.15, -0.1) is 0 Å². The van der Waals surface area contributed by atoms with Crippen molar-refractivity contribution < 1.29 is 13.2 Å². The molecule has 0 unspecified atom stereocenters. The van der Waals surface area contributed by atoms with Crippen LogP contribution >= 0.6 is 15.9 Å². The lowest BCUT2D eigenvalue weighted by Gasteiger charge is -2.26. The van der Waals surface area contributed by atoms with Gasteiger partial charge in [0.1, 0.15) is 12.4 Å².